The molecule has 0 radical (unpaired) electrons. The zero-order valence-corrected chi connectivity index (χ0v) is 13.9. The van der Waals surface area contributed by atoms with Gasteiger partial charge in [0.05, 0.1) is 19.6 Å². The molecule has 3 rings (SSSR count). The number of esters is 2. The Kier molecular flexibility index (Phi) is 4.34. The van der Waals surface area contributed by atoms with Gasteiger partial charge < -0.3 is 9.47 Å². The Morgan fingerprint density at radius 1 is 1.26 bits per heavy atom. The van der Waals surface area contributed by atoms with Crippen LogP contribution in [-0.4, -0.2) is 31.7 Å². The van der Waals surface area contributed by atoms with E-state index in [-0.39, 0.29) is 18.0 Å². The summed E-state index contributed by atoms with van der Waals surface area (Å²) >= 11 is 5.95. The summed E-state index contributed by atoms with van der Waals surface area (Å²) in [7, 11) is 1.37. The van der Waals surface area contributed by atoms with E-state index in [0.717, 1.165) is 18.4 Å². The Labute approximate surface area is 140 Å². The van der Waals surface area contributed by atoms with E-state index in [1.54, 1.807) is 19.1 Å². The molecule has 0 unspecified atom stereocenters. The third-order valence-electron chi connectivity index (χ3n) is 4.91. The minimum absolute atomic E-state index is 0.260. The molecule has 0 aromatic heterocycles. The fourth-order valence-corrected chi connectivity index (χ4v) is 3.81. The molecule has 1 aromatic rings. The van der Waals surface area contributed by atoms with E-state index in [2.05, 4.69) is 5.32 Å². The number of carbonyl (C=O) groups excluding carboxylic acids is 2. The molecule has 23 heavy (non-hydrogen) atoms. The predicted octanol–water partition coefficient (Wildman–Crippen LogP) is 2.49. The Morgan fingerprint density at radius 2 is 1.91 bits per heavy atom. The predicted molar refractivity (Wildman–Crippen MR) is 84.9 cm³/mol. The highest BCUT2D eigenvalue weighted by atomic mass is 35.5. The number of halogens is 1. The summed E-state index contributed by atoms with van der Waals surface area (Å²) < 4.78 is 10.2. The van der Waals surface area contributed by atoms with Crippen LogP contribution >= 0.6 is 11.6 Å². The van der Waals surface area contributed by atoms with Gasteiger partial charge in [0.2, 0.25) is 0 Å². The van der Waals surface area contributed by atoms with Crippen LogP contribution in [0.2, 0.25) is 5.02 Å². The van der Waals surface area contributed by atoms with Crippen molar-refractivity contribution in [2.75, 3.05) is 13.7 Å². The van der Waals surface area contributed by atoms with Gasteiger partial charge in [-0.15, -0.1) is 0 Å². The zero-order valence-electron chi connectivity index (χ0n) is 13.2. The largest absolute Gasteiger partial charge is 0.468 e. The summed E-state index contributed by atoms with van der Waals surface area (Å²) in [5.41, 5.74) is 0.522. The van der Waals surface area contributed by atoms with Crippen molar-refractivity contribution < 1.29 is 19.1 Å². The molecule has 1 aliphatic heterocycles. The van der Waals surface area contributed by atoms with E-state index in [4.69, 9.17) is 21.1 Å². The summed E-state index contributed by atoms with van der Waals surface area (Å²) in [4.78, 5) is 24.7. The van der Waals surface area contributed by atoms with E-state index < -0.39 is 17.4 Å². The molecule has 1 N–H and O–H groups in total. The summed E-state index contributed by atoms with van der Waals surface area (Å²) in [6.45, 7) is 2.11. The van der Waals surface area contributed by atoms with Gasteiger partial charge in [-0.25, -0.2) is 0 Å². The van der Waals surface area contributed by atoms with Gasteiger partial charge in [0.15, 0.2) is 0 Å². The second kappa shape index (κ2) is 6.13. The standard InChI is InChI=1S/C17H20ClNO4/c1-3-23-15(20)12-13(10-4-6-11(18)7-5-10)19-14(16(21)22-2)17(12)8-9-17/h4-7,12-14,19H,3,8-9H2,1-2H3/t12-,13-,14+/m1/s1. The van der Waals surface area contributed by atoms with Crippen LogP contribution in [0.5, 0.6) is 0 Å². The Morgan fingerprint density at radius 3 is 2.43 bits per heavy atom. The number of rotatable bonds is 4. The highest BCUT2D eigenvalue weighted by Gasteiger charge is 2.67. The topological polar surface area (TPSA) is 64.6 Å². The van der Waals surface area contributed by atoms with E-state index in [9.17, 15) is 9.59 Å². The number of nitrogens with one attached hydrogen (secondary N) is 1. The van der Waals surface area contributed by atoms with Crippen LogP contribution in [0.25, 0.3) is 0 Å². The molecule has 1 saturated carbocycles. The molecular formula is C17H20ClNO4. The Balaban J connectivity index is 1.97. The lowest BCUT2D eigenvalue weighted by Gasteiger charge is -2.23. The maximum atomic E-state index is 12.6. The molecule has 1 spiro atoms. The van der Waals surface area contributed by atoms with Gasteiger partial charge in [-0.1, -0.05) is 23.7 Å². The second-order valence-corrected chi connectivity index (χ2v) is 6.55. The minimum Gasteiger partial charge on any atom is -0.468 e. The molecule has 1 aromatic carbocycles. The van der Waals surface area contributed by atoms with Gasteiger partial charge in [-0.3, -0.25) is 14.9 Å². The smallest absolute Gasteiger partial charge is 0.323 e. The quantitative estimate of drug-likeness (QED) is 0.855. The first-order valence-corrected chi connectivity index (χ1v) is 8.17. The molecule has 2 fully saturated rings. The van der Waals surface area contributed by atoms with E-state index in [1.165, 1.54) is 7.11 Å². The number of hydrogen-bond donors (Lipinski definition) is 1. The normalized spacial score (nSPS) is 27.7. The second-order valence-electron chi connectivity index (χ2n) is 6.11. The van der Waals surface area contributed by atoms with Crippen LogP contribution in [0, 0.1) is 11.3 Å². The SMILES string of the molecule is CCOC(=O)[C@H]1[C@@H](c2ccc(Cl)cc2)N[C@@H](C(=O)OC)C12CC2. The van der Waals surface area contributed by atoms with Crippen molar-refractivity contribution in [3.05, 3.63) is 34.9 Å². The van der Waals surface area contributed by atoms with Crippen LogP contribution in [0.3, 0.4) is 0 Å². The van der Waals surface area contributed by atoms with Crippen molar-refractivity contribution in [2.24, 2.45) is 11.3 Å². The van der Waals surface area contributed by atoms with Crippen molar-refractivity contribution >= 4 is 23.5 Å². The summed E-state index contributed by atoms with van der Waals surface area (Å²) in [5.74, 6) is -0.982. The number of ether oxygens (including phenoxy) is 2. The lowest BCUT2D eigenvalue weighted by atomic mass is 9.81. The molecule has 1 aliphatic carbocycles. The number of carbonyl (C=O) groups is 2. The molecule has 0 bridgehead atoms. The third-order valence-corrected chi connectivity index (χ3v) is 5.16. The van der Waals surface area contributed by atoms with Gasteiger partial charge in [-0.2, -0.15) is 0 Å². The van der Waals surface area contributed by atoms with Gasteiger partial charge >= 0.3 is 11.9 Å². The first-order chi connectivity index (χ1) is 11.0. The lowest BCUT2D eigenvalue weighted by Crippen LogP contribution is -2.39. The highest BCUT2D eigenvalue weighted by molar-refractivity contribution is 6.30. The van der Waals surface area contributed by atoms with E-state index in [1.807, 2.05) is 12.1 Å². The van der Waals surface area contributed by atoms with Crippen LogP contribution in [0.4, 0.5) is 0 Å². The minimum atomic E-state index is -0.484. The van der Waals surface area contributed by atoms with Gasteiger partial charge in [0.1, 0.15) is 6.04 Å². The average molecular weight is 338 g/mol. The van der Waals surface area contributed by atoms with Crippen LogP contribution in [0.15, 0.2) is 24.3 Å². The molecule has 2 aliphatic rings. The van der Waals surface area contributed by atoms with Crippen molar-refractivity contribution in [1.29, 1.82) is 0 Å². The van der Waals surface area contributed by atoms with Gasteiger partial charge in [0, 0.05) is 16.5 Å². The molecule has 3 atom stereocenters. The first kappa shape index (κ1) is 16.3. The Hall–Kier alpha value is -1.59. The fourth-order valence-electron chi connectivity index (χ4n) is 3.68. The molecular weight excluding hydrogens is 318 g/mol. The molecule has 1 heterocycles. The van der Waals surface area contributed by atoms with Crippen LogP contribution < -0.4 is 5.32 Å². The molecule has 6 heteroatoms. The average Bonchev–Trinajstić information content (AvgIpc) is 3.24. The van der Waals surface area contributed by atoms with Crippen molar-refractivity contribution in [3.8, 4) is 0 Å². The molecule has 5 nitrogen and oxygen atoms in total. The van der Waals surface area contributed by atoms with Gasteiger partial charge in [-0.05, 0) is 37.5 Å². The molecule has 0 amide bonds. The zero-order chi connectivity index (χ0) is 16.6. The number of benzene rings is 1. The number of methoxy groups -OCH3 is 1. The lowest BCUT2D eigenvalue weighted by molar-refractivity contribution is -0.151. The summed E-state index contributed by atoms with van der Waals surface area (Å²) in [6.07, 6.45) is 1.63. The van der Waals surface area contributed by atoms with Gasteiger partial charge in [0.25, 0.3) is 0 Å². The summed E-state index contributed by atoms with van der Waals surface area (Å²) in [5, 5.41) is 3.93. The van der Waals surface area contributed by atoms with Crippen molar-refractivity contribution in [3.63, 3.8) is 0 Å². The number of hydrogen-bond acceptors (Lipinski definition) is 5. The monoisotopic (exact) mass is 337 g/mol. The van der Waals surface area contributed by atoms with E-state index >= 15 is 0 Å². The Bertz CT molecular complexity index is 612. The van der Waals surface area contributed by atoms with Crippen molar-refractivity contribution in [2.45, 2.75) is 31.8 Å². The summed E-state index contributed by atoms with van der Waals surface area (Å²) in [6, 6.07) is 6.56. The maximum Gasteiger partial charge on any atom is 0.323 e. The van der Waals surface area contributed by atoms with E-state index in [0.29, 0.717) is 11.6 Å². The highest BCUT2D eigenvalue weighted by Crippen LogP contribution is 2.62. The maximum absolute atomic E-state index is 12.6. The molecule has 1 saturated heterocycles. The van der Waals surface area contributed by atoms with Crippen LogP contribution in [-0.2, 0) is 19.1 Å². The van der Waals surface area contributed by atoms with Crippen LogP contribution in [0.1, 0.15) is 31.4 Å². The fraction of sp³-hybridized carbons (Fsp3) is 0.529. The third kappa shape index (κ3) is 2.72. The molecule has 124 valence electrons. The van der Waals surface area contributed by atoms with Crippen molar-refractivity contribution in [1.82, 2.24) is 5.32 Å². The first-order valence-electron chi connectivity index (χ1n) is 7.79.